The van der Waals surface area contributed by atoms with E-state index in [4.69, 9.17) is 18.6 Å². The van der Waals surface area contributed by atoms with Gasteiger partial charge in [-0.15, -0.1) is 0 Å². The lowest BCUT2D eigenvalue weighted by molar-refractivity contribution is 0.0596. The van der Waals surface area contributed by atoms with Gasteiger partial charge in [0, 0.05) is 37.6 Å². The van der Waals surface area contributed by atoms with Crippen molar-refractivity contribution in [2.24, 2.45) is 0 Å². The highest BCUT2D eigenvalue weighted by Crippen LogP contribution is 2.33. The van der Waals surface area contributed by atoms with Gasteiger partial charge >= 0.3 is 0 Å². The highest BCUT2D eigenvalue weighted by atomic mass is 32.2. The molecule has 0 radical (unpaired) electrons. The molecular weight excluding hydrogens is 456 g/mol. The van der Waals surface area contributed by atoms with E-state index in [0.717, 1.165) is 36.7 Å². The van der Waals surface area contributed by atoms with Gasteiger partial charge in [0.15, 0.2) is 17.3 Å². The van der Waals surface area contributed by atoms with Crippen molar-refractivity contribution in [3.8, 4) is 17.2 Å². The summed E-state index contributed by atoms with van der Waals surface area (Å²) in [6.07, 6.45) is 0. The summed E-state index contributed by atoms with van der Waals surface area (Å²) >= 11 is 0. The van der Waals surface area contributed by atoms with Crippen molar-refractivity contribution in [1.29, 1.82) is 0 Å². The molecule has 0 spiro atoms. The van der Waals surface area contributed by atoms with Crippen LogP contribution in [0.3, 0.4) is 0 Å². The molecule has 0 aliphatic carbocycles. The molecule has 5 rings (SSSR count). The normalized spacial score (nSPS) is 16.4. The third kappa shape index (κ3) is 4.95. The first-order valence-corrected chi connectivity index (χ1v) is 12.4. The molecule has 1 atom stereocenters. The number of rotatable bonds is 7. The minimum atomic E-state index is -1.27. The lowest BCUT2D eigenvalue weighted by Crippen LogP contribution is -2.48. The van der Waals surface area contributed by atoms with Gasteiger partial charge in [-0.2, -0.15) is 0 Å². The molecule has 2 aromatic carbocycles. The van der Waals surface area contributed by atoms with Gasteiger partial charge < -0.3 is 23.5 Å². The molecule has 0 unspecified atom stereocenters. The second kappa shape index (κ2) is 9.90. The van der Waals surface area contributed by atoms with Crippen molar-refractivity contribution in [1.82, 2.24) is 9.80 Å². The number of hydrogen-bond donors (Lipinski definition) is 0. The smallest absolute Gasteiger partial charge is 0.289 e. The van der Waals surface area contributed by atoms with Crippen LogP contribution in [0.1, 0.15) is 21.9 Å². The Morgan fingerprint density at radius 2 is 1.74 bits per heavy atom. The molecule has 2 aliphatic heterocycles. The molecule has 178 valence electrons. The SMILES string of the molecule is COc1ccc([S@@](=O)Cc2ccc(C(=O)N3CCN(Cc4ccc5c(c4)OCO5)CC3)o2)cc1. The zero-order valence-corrected chi connectivity index (χ0v) is 19.7. The molecule has 1 fully saturated rings. The Morgan fingerprint density at radius 3 is 2.50 bits per heavy atom. The van der Waals surface area contributed by atoms with Crippen LogP contribution in [0, 0.1) is 0 Å². The monoisotopic (exact) mass is 482 g/mol. The fraction of sp³-hybridized carbons (Fsp3) is 0.320. The highest BCUT2D eigenvalue weighted by molar-refractivity contribution is 7.84. The number of amides is 1. The number of methoxy groups -OCH3 is 1. The maximum absolute atomic E-state index is 12.9. The number of nitrogens with zero attached hydrogens (tertiary/aromatic N) is 2. The van der Waals surface area contributed by atoms with Crippen molar-refractivity contribution in [3.05, 3.63) is 71.7 Å². The number of hydrogen-bond acceptors (Lipinski definition) is 7. The molecule has 34 heavy (non-hydrogen) atoms. The predicted molar refractivity (Wildman–Crippen MR) is 126 cm³/mol. The van der Waals surface area contributed by atoms with Gasteiger partial charge in [-0.05, 0) is 54.1 Å². The fourth-order valence-corrected chi connectivity index (χ4v) is 5.09. The van der Waals surface area contributed by atoms with Gasteiger partial charge in [-0.25, -0.2) is 0 Å². The van der Waals surface area contributed by atoms with Gasteiger partial charge in [-0.3, -0.25) is 13.9 Å². The van der Waals surface area contributed by atoms with Gasteiger partial charge in [0.05, 0.1) is 23.7 Å². The van der Waals surface area contributed by atoms with Crippen LogP contribution in [0.5, 0.6) is 17.2 Å². The summed E-state index contributed by atoms with van der Waals surface area (Å²) in [4.78, 5) is 17.7. The maximum Gasteiger partial charge on any atom is 0.289 e. The maximum atomic E-state index is 12.9. The number of benzene rings is 2. The zero-order valence-electron chi connectivity index (χ0n) is 18.9. The molecule has 9 heteroatoms. The molecule has 8 nitrogen and oxygen atoms in total. The quantitative estimate of drug-likeness (QED) is 0.511. The average molecular weight is 483 g/mol. The van der Waals surface area contributed by atoms with Crippen molar-refractivity contribution < 1.29 is 27.6 Å². The number of furan rings is 1. The summed E-state index contributed by atoms with van der Waals surface area (Å²) in [5, 5.41) is 0. The van der Waals surface area contributed by atoms with E-state index in [1.165, 1.54) is 0 Å². The standard InChI is InChI=1S/C25H26N2O6S/c1-30-19-3-6-21(7-4-19)34(29)16-20-5-9-23(33-20)25(28)27-12-10-26(11-13-27)15-18-2-8-22-24(14-18)32-17-31-22/h2-9,14H,10-13,15-17H2,1H3/t34-/m0/s1. The Morgan fingerprint density at radius 1 is 0.971 bits per heavy atom. The Hall–Kier alpha value is -3.30. The Labute approximate surface area is 200 Å². The summed E-state index contributed by atoms with van der Waals surface area (Å²) in [5.74, 6) is 3.16. The lowest BCUT2D eigenvalue weighted by Gasteiger charge is -2.34. The van der Waals surface area contributed by atoms with Gasteiger partial charge in [0.25, 0.3) is 5.91 Å². The molecule has 3 heterocycles. The third-order valence-corrected chi connectivity index (χ3v) is 7.32. The highest BCUT2D eigenvalue weighted by Gasteiger charge is 2.25. The first kappa shape index (κ1) is 22.5. The Balaban J connectivity index is 1.13. The van der Waals surface area contributed by atoms with E-state index in [2.05, 4.69) is 4.90 Å². The summed E-state index contributed by atoms with van der Waals surface area (Å²) in [7, 11) is 0.319. The van der Waals surface area contributed by atoms with Gasteiger partial charge in [0.2, 0.25) is 6.79 Å². The van der Waals surface area contributed by atoms with Crippen LogP contribution in [0.2, 0.25) is 0 Å². The van der Waals surface area contributed by atoms with Crippen LogP contribution in [-0.2, 0) is 23.1 Å². The van der Waals surface area contributed by atoms with Crippen molar-refractivity contribution >= 4 is 16.7 Å². The summed E-state index contributed by atoms with van der Waals surface area (Å²) in [6.45, 7) is 3.85. The first-order valence-electron chi connectivity index (χ1n) is 11.1. The van der Waals surface area contributed by atoms with E-state index in [9.17, 15) is 9.00 Å². The van der Waals surface area contributed by atoms with Crippen LogP contribution in [0.15, 0.2) is 63.9 Å². The van der Waals surface area contributed by atoms with Crippen LogP contribution < -0.4 is 14.2 Å². The number of carbonyl (C=O) groups is 1. The number of carbonyl (C=O) groups excluding carboxylic acids is 1. The Kier molecular flexibility index (Phi) is 6.55. The summed E-state index contributed by atoms with van der Waals surface area (Å²) in [5.41, 5.74) is 1.16. The third-order valence-electron chi connectivity index (χ3n) is 5.97. The van der Waals surface area contributed by atoms with E-state index >= 15 is 0 Å². The van der Waals surface area contributed by atoms with Crippen molar-refractivity contribution in [2.75, 3.05) is 40.1 Å². The largest absolute Gasteiger partial charge is 0.497 e. The van der Waals surface area contributed by atoms with Crippen LogP contribution in [-0.4, -0.2) is 60.0 Å². The van der Waals surface area contributed by atoms with Crippen LogP contribution >= 0.6 is 0 Å². The van der Waals surface area contributed by atoms with E-state index in [1.54, 1.807) is 48.4 Å². The first-order chi connectivity index (χ1) is 16.6. The zero-order chi connectivity index (χ0) is 23.5. The fourth-order valence-electron chi connectivity index (χ4n) is 4.07. The molecule has 1 saturated heterocycles. The molecule has 0 bridgehead atoms. The van der Waals surface area contributed by atoms with Crippen LogP contribution in [0.4, 0.5) is 0 Å². The minimum Gasteiger partial charge on any atom is -0.497 e. The average Bonchev–Trinajstić information content (AvgIpc) is 3.53. The molecule has 0 N–H and O–H groups in total. The molecule has 0 saturated carbocycles. The number of ether oxygens (including phenoxy) is 3. The van der Waals surface area contributed by atoms with Gasteiger partial charge in [0.1, 0.15) is 11.5 Å². The molecule has 2 aliphatic rings. The van der Waals surface area contributed by atoms with E-state index in [1.807, 2.05) is 18.2 Å². The molecule has 1 aromatic heterocycles. The molecule has 3 aromatic rings. The van der Waals surface area contributed by atoms with E-state index in [-0.39, 0.29) is 24.2 Å². The van der Waals surface area contributed by atoms with E-state index in [0.29, 0.717) is 29.5 Å². The lowest BCUT2D eigenvalue weighted by atomic mass is 10.1. The molecule has 1 amide bonds. The van der Waals surface area contributed by atoms with Gasteiger partial charge in [-0.1, -0.05) is 6.07 Å². The Bertz CT molecular complexity index is 1180. The minimum absolute atomic E-state index is 0.135. The molecular formula is C25H26N2O6S. The van der Waals surface area contributed by atoms with Crippen LogP contribution in [0.25, 0.3) is 0 Å². The number of fused-ring (bicyclic) bond motifs is 1. The number of piperazine rings is 1. The topological polar surface area (TPSA) is 81.5 Å². The predicted octanol–water partition coefficient (Wildman–Crippen LogP) is 3.28. The second-order valence-electron chi connectivity index (χ2n) is 8.19. The summed E-state index contributed by atoms with van der Waals surface area (Å²) in [6, 6.07) is 16.5. The van der Waals surface area contributed by atoms with E-state index < -0.39 is 10.8 Å². The van der Waals surface area contributed by atoms with Crippen molar-refractivity contribution in [3.63, 3.8) is 0 Å². The van der Waals surface area contributed by atoms with Crippen molar-refractivity contribution in [2.45, 2.75) is 17.2 Å². The summed E-state index contributed by atoms with van der Waals surface area (Å²) < 4.78 is 34.4. The second-order valence-corrected chi connectivity index (χ2v) is 9.64.